The summed E-state index contributed by atoms with van der Waals surface area (Å²) >= 11 is 1.52. The summed E-state index contributed by atoms with van der Waals surface area (Å²) in [6, 6.07) is 10.4. The fourth-order valence-electron chi connectivity index (χ4n) is 3.92. The molecule has 0 bridgehead atoms. The number of anilines is 1. The van der Waals surface area contributed by atoms with E-state index in [1.54, 1.807) is 24.1 Å². The van der Waals surface area contributed by atoms with Crippen molar-refractivity contribution < 1.29 is 13.2 Å². The van der Waals surface area contributed by atoms with Gasteiger partial charge in [0.1, 0.15) is 0 Å². The maximum absolute atomic E-state index is 13.6. The molecule has 190 valence electrons. The second-order valence-electron chi connectivity index (χ2n) is 9.24. The summed E-state index contributed by atoms with van der Waals surface area (Å²) < 4.78 is 28.2. The second-order valence-corrected chi connectivity index (χ2v) is 12.3. The number of sulfonamides is 1. The summed E-state index contributed by atoms with van der Waals surface area (Å²) in [6.07, 6.45) is 2.51. The van der Waals surface area contributed by atoms with Crippen LogP contribution in [0.4, 0.5) is 5.13 Å². The van der Waals surface area contributed by atoms with Crippen LogP contribution in [0.5, 0.6) is 0 Å². The second kappa shape index (κ2) is 11.6. The quantitative estimate of drug-likeness (QED) is 0.361. The molecule has 0 spiro atoms. The number of amides is 1. The monoisotopic (exact) mass is 516 g/mol. The van der Waals surface area contributed by atoms with E-state index in [2.05, 4.69) is 17.9 Å². The number of fused-ring (bicyclic) bond motifs is 1. The number of unbranched alkanes of at least 4 members (excludes halogenated alkanes) is 1. The van der Waals surface area contributed by atoms with E-state index in [0.717, 1.165) is 47.2 Å². The average Bonchev–Trinajstić information content (AvgIpc) is 3.23. The Morgan fingerprint density at radius 3 is 2.29 bits per heavy atom. The molecule has 0 aliphatic rings. The summed E-state index contributed by atoms with van der Waals surface area (Å²) in [5.74, 6) is -0.180. The van der Waals surface area contributed by atoms with Crippen molar-refractivity contribution in [1.29, 1.82) is 0 Å². The Kier molecular flexibility index (Phi) is 9.04. The Balaban J connectivity index is 1.91. The third-order valence-electron chi connectivity index (χ3n) is 5.91. The lowest BCUT2D eigenvalue weighted by Gasteiger charge is -2.21. The summed E-state index contributed by atoms with van der Waals surface area (Å²) in [5, 5.41) is 0.661. The van der Waals surface area contributed by atoms with Crippen molar-refractivity contribution in [3.8, 4) is 0 Å². The molecule has 3 rings (SSSR count). The molecule has 0 N–H and O–H groups in total. The zero-order valence-corrected chi connectivity index (χ0v) is 23.2. The highest BCUT2D eigenvalue weighted by atomic mass is 32.2. The van der Waals surface area contributed by atoms with Gasteiger partial charge in [-0.2, -0.15) is 0 Å². The summed E-state index contributed by atoms with van der Waals surface area (Å²) in [5.41, 5.74) is 3.62. The lowest BCUT2D eigenvalue weighted by molar-refractivity contribution is 0.0986. The molecule has 0 saturated heterocycles. The van der Waals surface area contributed by atoms with E-state index in [-0.39, 0.29) is 10.8 Å². The van der Waals surface area contributed by atoms with Gasteiger partial charge in [-0.3, -0.25) is 9.69 Å². The number of aromatic nitrogens is 1. The molecule has 1 heterocycles. The number of rotatable bonds is 11. The first-order valence-electron chi connectivity index (χ1n) is 12.0. The fraction of sp³-hybridized carbons (Fsp3) is 0.462. The van der Waals surface area contributed by atoms with Crippen LogP contribution in [-0.2, 0) is 10.0 Å². The molecule has 2 aromatic carbocycles. The molecule has 1 amide bonds. The van der Waals surface area contributed by atoms with Gasteiger partial charge in [0.2, 0.25) is 10.0 Å². The van der Waals surface area contributed by atoms with Crippen LogP contribution in [0.2, 0.25) is 0 Å². The minimum atomic E-state index is -3.58. The number of carbonyl (C=O) groups excluding carboxylic acids is 1. The predicted molar refractivity (Wildman–Crippen MR) is 145 cm³/mol. The molecule has 35 heavy (non-hydrogen) atoms. The van der Waals surface area contributed by atoms with E-state index in [1.807, 2.05) is 34.0 Å². The highest BCUT2D eigenvalue weighted by Crippen LogP contribution is 2.33. The fourth-order valence-corrected chi connectivity index (χ4v) is 6.17. The summed E-state index contributed by atoms with van der Waals surface area (Å²) in [6.45, 7) is 7.96. The van der Waals surface area contributed by atoms with Crippen molar-refractivity contribution in [2.24, 2.45) is 0 Å². The van der Waals surface area contributed by atoms with Crippen LogP contribution in [0.25, 0.3) is 10.2 Å². The summed E-state index contributed by atoms with van der Waals surface area (Å²) in [7, 11) is 2.02. The predicted octanol–water partition coefficient (Wildman–Crippen LogP) is 4.93. The van der Waals surface area contributed by atoms with Crippen molar-refractivity contribution in [2.45, 2.75) is 44.9 Å². The maximum atomic E-state index is 13.6. The van der Waals surface area contributed by atoms with Gasteiger partial charge in [-0.15, -0.1) is 0 Å². The van der Waals surface area contributed by atoms with Gasteiger partial charge in [-0.25, -0.2) is 17.7 Å². The van der Waals surface area contributed by atoms with E-state index in [1.165, 1.54) is 27.8 Å². The molecule has 0 atom stereocenters. The van der Waals surface area contributed by atoms with Gasteiger partial charge >= 0.3 is 0 Å². The molecule has 0 radical (unpaired) electrons. The number of nitrogens with zero attached hydrogens (tertiary/aromatic N) is 4. The number of hydrogen-bond donors (Lipinski definition) is 0. The molecule has 3 aromatic rings. The SMILES string of the molecule is CCCCN(C)S(=O)(=O)c1ccc(C(=O)N(CCCN(C)C)c2nc3cc(C)cc(C)c3s2)cc1. The zero-order chi connectivity index (χ0) is 25.8. The Bertz CT molecular complexity index is 1270. The van der Waals surface area contributed by atoms with Crippen molar-refractivity contribution in [3.63, 3.8) is 0 Å². The highest BCUT2D eigenvalue weighted by Gasteiger charge is 2.24. The first kappa shape index (κ1) is 27.3. The standard InChI is InChI=1S/C26H36N4O3S2/c1-7-8-15-29(6)35(32,33)22-12-10-21(11-13-22)25(31)30(16-9-14-28(4)5)26-27-23-18-19(2)17-20(3)24(23)34-26/h10-13,17-18H,7-9,14-16H2,1-6H3. The molecule has 7 nitrogen and oxygen atoms in total. The first-order chi connectivity index (χ1) is 16.5. The van der Waals surface area contributed by atoms with Crippen LogP contribution >= 0.6 is 11.3 Å². The van der Waals surface area contributed by atoms with Crippen LogP contribution < -0.4 is 4.90 Å². The number of thiazole rings is 1. The molecular formula is C26H36N4O3S2. The maximum Gasteiger partial charge on any atom is 0.260 e. The van der Waals surface area contributed by atoms with Crippen LogP contribution in [0.1, 0.15) is 47.7 Å². The topological polar surface area (TPSA) is 73.8 Å². The van der Waals surface area contributed by atoms with Crippen molar-refractivity contribution in [3.05, 3.63) is 53.1 Å². The van der Waals surface area contributed by atoms with Gasteiger partial charge in [-0.05, 0) is 88.8 Å². The van der Waals surface area contributed by atoms with E-state index in [9.17, 15) is 13.2 Å². The van der Waals surface area contributed by atoms with Gasteiger partial charge in [0.05, 0.1) is 15.1 Å². The van der Waals surface area contributed by atoms with Gasteiger partial charge in [-0.1, -0.05) is 30.7 Å². The van der Waals surface area contributed by atoms with Crippen LogP contribution in [-0.4, -0.2) is 69.3 Å². The molecule has 0 aliphatic heterocycles. The van der Waals surface area contributed by atoms with Gasteiger partial charge in [0.25, 0.3) is 5.91 Å². The van der Waals surface area contributed by atoms with Gasteiger partial charge < -0.3 is 4.90 Å². The minimum Gasteiger partial charge on any atom is -0.309 e. The third kappa shape index (κ3) is 6.46. The normalized spacial score (nSPS) is 12.1. The number of benzene rings is 2. The smallest absolute Gasteiger partial charge is 0.260 e. The molecule has 0 fully saturated rings. The van der Waals surface area contributed by atoms with Gasteiger partial charge in [0, 0.05) is 25.7 Å². The average molecular weight is 517 g/mol. The van der Waals surface area contributed by atoms with E-state index < -0.39 is 10.0 Å². The van der Waals surface area contributed by atoms with Crippen LogP contribution in [0.3, 0.4) is 0 Å². The number of hydrogen-bond acceptors (Lipinski definition) is 6. The van der Waals surface area contributed by atoms with E-state index >= 15 is 0 Å². The molecule has 0 saturated carbocycles. The minimum absolute atomic E-state index is 0.180. The summed E-state index contributed by atoms with van der Waals surface area (Å²) in [4.78, 5) is 22.4. The third-order valence-corrected chi connectivity index (χ3v) is 9.01. The van der Waals surface area contributed by atoms with Crippen molar-refractivity contribution >= 4 is 42.6 Å². The van der Waals surface area contributed by atoms with Crippen molar-refractivity contribution in [1.82, 2.24) is 14.2 Å². The van der Waals surface area contributed by atoms with Crippen LogP contribution in [0, 0.1) is 13.8 Å². The number of aryl methyl sites for hydroxylation is 2. The van der Waals surface area contributed by atoms with Crippen molar-refractivity contribution in [2.75, 3.05) is 45.7 Å². The highest BCUT2D eigenvalue weighted by molar-refractivity contribution is 7.89. The molecule has 9 heteroatoms. The molecule has 0 aliphatic carbocycles. The molecular weight excluding hydrogens is 480 g/mol. The Labute approximate surface area is 213 Å². The lowest BCUT2D eigenvalue weighted by atomic mass is 10.1. The van der Waals surface area contributed by atoms with E-state index in [4.69, 9.17) is 4.98 Å². The van der Waals surface area contributed by atoms with Crippen LogP contribution in [0.15, 0.2) is 41.3 Å². The zero-order valence-electron chi connectivity index (χ0n) is 21.5. The Morgan fingerprint density at radius 1 is 0.971 bits per heavy atom. The lowest BCUT2D eigenvalue weighted by Crippen LogP contribution is -2.33. The molecule has 1 aromatic heterocycles. The Hall–Kier alpha value is -2.33. The van der Waals surface area contributed by atoms with Gasteiger partial charge in [0.15, 0.2) is 5.13 Å². The molecule has 0 unspecified atom stereocenters. The van der Waals surface area contributed by atoms with E-state index in [0.29, 0.717) is 23.8 Å². The Morgan fingerprint density at radius 2 is 1.66 bits per heavy atom. The first-order valence-corrected chi connectivity index (χ1v) is 14.2. The number of carbonyl (C=O) groups is 1. The largest absolute Gasteiger partial charge is 0.309 e.